The molecule has 4 rings (SSSR count). The van der Waals surface area contributed by atoms with E-state index in [-0.39, 0.29) is 11.8 Å². The first-order valence-corrected chi connectivity index (χ1v) is 8.30. The second kappa shape index (κ2) is 6.29. The van der Waals surface area contributed by atoms with Crippen molar-refractivity contribution in [3.05, 3.63) is 41.7 Å². The van der Waals surface area contributed by atoms with Gasteiger partial charge in [-0.25, -0.2) is 0 Å². The van der Waals surface area contributed by atoms with E-state index >= 15 is 0 Å². The van der Waals surface area contributed by atoms with Crippen LogP contribution >= 0.6 is 0 Å². The third-order valence-electron chi connectivity index (χ3n) is 4.30. The first kappa shape index (κ1) is 15.8. The van der Waals surface area contributed by atoms with Gasteiger partial charge >= 0.3 is 0 Å². The minimum atomic E-state index is -0.406. The first-order chi connectivity index (χ1) is 12.1. The number of carbonyl (C=O) groups is 1. The molecule has 1 atom stereocenters. The standard InChI is InChI=1S/C17H19N5O3/c1-10(2)15-20-21-16(25-15)13-9-24-8-7-22(13)17(23)14-11-5-3-4-6-12(11)18-19-14/h3-6,10,13H,7-9H2,1-2H3,(H,18,19)/t13-/m1/s1. The van der Waals surface area contributed by atoms with Gasteiger partial charge in [0, 0.05) is 17.8 Å². The number of carbonyl (C=O) groups excluding carboxylic acids is 1. The van der Waals surface area contributed by atoms with Crippen LogP contribution in [0.1, 0.15) is 48.1 Å². The van der Waals surface area contributed by atoms with Gasteiger partial charge in [-0.3, -0.25) is 9.89 Å². The van der Waals surface area contributed by atoms with E-state index in [1.807, 2.05) is 38.1 Å². The van der Waals surface area contributed by atoms with Crippen molar-refractivity contribution >= 4 is 16.8 Å². The van der Waals surface area contributed by atoms with E-state index in [0.29, 0.717) is 37.2 Å². The lowest BCUT2D eigenvalue weighted by atomic mass is 10.1. The predicted molar refractivity (Wildman–Crippen MR) is 89.1 cm³/mol. The first-order valence-electron chi connectivity index (χ1n) is 8.30. The molecule has 8 heteroatoms. The number of amides is 1. The highest BCUT2D eigenvalue weighted by Gasteiger charge is 2.35. The van der Waals surface area contributed by atoms with E-state index in [9.17, 15) is 4.79 Å². The Labute approximate surface area is 144 Å². The van der Waals surface area contributed by atoms with Crippen LogP contribution in [0.5, 0.6) is 0 Å². The molecular formula is C17H19N5O3. The second-order valence-corrected chi connectivity index (χ2v) is 6.34. The average Bonchev–Trinajstić information content (AvgIpc) is 3.28. The number of aromatic nitrogens is 4. The number of hydrogen-bond acceptors (Lipinski definition) is 6. The van der Waals surface area contributed by atoms with Crippen molar-refractivity contribution in [2.75, 3.05) is 19.8 Å². The normalized spacial score (nSPS) is 18.2. The minimum absolute atomic E-state index is 0.130. The summed E-state index contributed by atoms with van der Waals surface area (Å²) in [6.07, 6.45) is 0. The summed E-state index contributed by atoms with van der Waals surface area (Å²) < 4.78 is 11.3. The summed E-state index contributed by atoms with van der Waals surface area (Å²) in [7, 11) is 0. The fourth-order valence-corrected chi connectivity index (χ4v) is 2.93. The SMILES string of the molecule is CC(C)c1nnc([C@H]2COCCN2C(=O)c2n[nH]c3ccccc23)o1. The van der Waals surface area contributed by atoms with Crippen molar-refractivity contribution in [1.29, 1.82) is 0 Å². The molecule has 1 N–H and O–H groups in total. The van der Waals surface area contributed by atoms with Gasteiger partial charge in [-0.15, -0.1) is 10.2 Å². The van der Waals surface area contributed by atoms with Gasteiger partial charge in [0.15, 0.2) is 5.69 Å². The quantitative estimate of drug-likeness (QED) is 0.785. The van der Waals surface area contributed by atoms with Crippen molar-refractivity contribution in [2.24, 2.45) is 0 Å². The van der Waals surface area contributed by atoms with Crippen LogP contribution in [-0.4, -0.2) is 51.0 Å². The second-order valence-electron chi connectivity index (χ2n) is 6.34. The van der Waals surface area contributed by atoms with E-state index in [4.69, 9.17) is 9.15 Å². The summed E-state index contributed by atoms with van der Waals surface area (Å²) in [6.45, 7) is 5.20. The molecule has 1 aliphatic heterocycles. The zero-order valence-corrected chi connectivity index (χ0v) is 14.1. The summed E-state index contributed by atoms with van der Waals surface area (Å²) in [5.74, 6) is 0.912. The summed E-state index contributed by atoms with van der Waals surface area (Å²) in [5, 5.41) is 16.1. The maximum Gasteiger partial charge on any atom is 0.275 e. The summed E-state index contributed by atoms with van der Waals surface area (Å²) in [6, 6.07) is 7.15. The molecule has 25 heavy (non-hydrogen) atoms. The van der Waals surface area contributed by atoms with Gasteiger partial charge < -0.3 is 14.1 Å². The smallest absolute Gasteiger partial charge is 0.275 e. The fourth-order valence-electron chi connectivity index (χ4n) is 2.93. The number of nitrogens with zero attached hydrogens (tertiary/aromatic N) is 4. The number of nitrogens with one attached hydrogen (secondary N) is 1. The van der Waals surface area contributed by atoms with Crippen LogP contribution in [0.2, 0.25) is 0 Å². The highest BCUT2D eigenvalue weighted by atomic mass is 16.5. The number of rotatable bonds is 3. The molecule has 1 aliphatic rings. The molecule has 0 bridgehead atoms. The fraction of sp³-hybridized carbons (Fsp3) is 0.412. The summed E-state index contributed by atoms with van der Waals surface area (Å²) in [5.41, 5.74) is 1.22. The molecule has 0 radical (unpaired) electrons. The van der Waals surface area contributed by atoms with E-state index < -0.39 is 6.04 Å². The molecule has 0 aliphatic carbocycles. The number of ether oxygens (including phenoxy) is 1. The molecule has 130 valence electrons. The average molecular weight is 341 g/mol. The third-order valence-corrected chi connectivity index (χ3v) is 4.30. The van der Waals surface area contributed by atoms with Crippen LogP contribution in [-0.2, 0) is 4.74 Å². The van der Waals surface area contributed by atoms with Crippen LogP contribution in [0, 0.1) is 0 Å². The van der Waals surface area contributed by atoms with Crippen molar-refractivity contribution in [1.82, 2.24) is 25.3 Å². The molecule has 1 amide bonds. The van der Waals surface area contributed by atoms with Crippen molar-refractivity contribution < 1.29 is 13.9 Å². The lowest BCUT2D eigenvalue weighted by Gasteiger charge is -2.32. The molecule has 2 aromatic heterocycles. The molecule has 0 unspecified atom stereocenters. The van der Waals surface area contributed by atoms with Crippen LogP contribution in [0.3, 0.4) is 0 Å². The maximum absolute atomic E-state index is 13.1. The van der Waals surface area contributed by atoms with Crippen LogP contribution in [0.25, 0.3) is 10.9 Å². The summed E-state index contributed by atoms with van der Waals surface area (Å²) in [4.78, 5) is 14.8. The predicted octanol–water partition coefficient (Wildman–Crippen LogP) is 2.28. The Morgan fingerprint density at radius 1 is 1.32 bits per heavy atom. The monoisotopic (exact) mass is 341 g/mol. The van der Waals surface area contributed by atoms with E-state index in [0.717, 1.165) is 10.9 Å². The number of morpholine rings is 1. The molecule has 0 spiro atoms. The van der Waals surface area contributed by atoms with Gasteiger partial charge in [-0.1, -0.05) is 32.0 Å². The zero-order valence-electron chi connectivity index (χ0n) is 14.1. The number of fused-ring (bicyclic) bond motifs is 1. The zero-order chi connectivity index (χ0) is 17.4. The largest absolute Gasteiger partial charge is 0.423 e. The number of benzene rings is 1. The number of H-pyrrole nitrogens is 1. The third kappa shape index (κ3) is 2.78. The Morgan fingerprint density at radius 3 is 2.96 bits per heavy atom. The molecule has 8 nitrogen and oxygen atoms in total. The molecule has 0 saturated carbocycles. The molecule has 3 heterocycles. The number of para-hydroxylation sites is 1. The maximum atomic E-state index is 13.1. The Hall–Kier alpha value is -2.74. The van der Waals surface area contributed by atoms with Gasteiger partial charge in [0.1, 0.15) is 6.04 Å². The van der Waals surface area contributed by atoms with Crippen molar-refractivity contribution in [3.8, 4) is 0 Å². The highest BCUT2D eigenvalue weighted by molar-refractivity contribution is 6.04. The molecule has 1 aromatic carbocycles. The molecule has 3 aromatic rings. The van der Waals surface area contributed by atoms with Gasteiger partial charge in [-0.2, -0.15) is 5.10 Å². The number of hydrogen-bond donors (Lipinski definition) is 1. The molecule has 1 saturated heterocycles. The molecular weight excluding hydrogens is 322 g/mol. The number of aromatic amines is 1. The van der Waals surface area contributed by atoms with Crippen LogP contribution in [0.15, 0.2) is 28.7 Å². The Kier molecular flexibility index (Phi) is 3.96. The van der Waals surface area contributed by atoms with Gasteiger partial charge in [0.05, 0.1) is 18.7 Å². The van der Waals surface area contributed by atoms with E-state index in [1.54, 1.807) is 4.90 Å². The highest BCUT2D eigenvalue weighted by Crippen LogP contribution is 2.27. The van der Waals surface area contributed by atoms with Crippen LogP contribution in [0.4, 0.5) is 0 Å². The van der Waals surface area contributed by atoms with Gasteiger partial charge in [0.25, 0.3) is 5.91 Å². The Balaban J connectivity index is 1.67. The minimum Gasteiger partial charge on any atom is -0.423 e. The van der Waals surface area contributed by atoms with Gasteiger partial charge in [0.2, 0.25) is 11.8 Å². The topological polar surface area (TPSA) is 97.1 Å². The van der Waals surface area contributed by atoms with Crippen molar-refractivity contribution in [2.45, 2.75) is 25.8 Å². The van der Waals surface area contributed by atoms with E-state index in [2.05, 4.69) is 20.4 Å². The molecule has 1 fully saturated rings. The Morgan fingerprint density at radius 2 is 2.16 bits per heavy atom. The lowest BCUT2D eigenvalue weighted by molar-refractivity contribution is -0.0109. The summed E-state index contributed by atoms with van der Waals surface area (Å²) >= 11 is 0. The van der Waals surface area contributed by atoms with Crippen LogP contribution < -0.4 is 0 Å². The Bertz CT molecular complexity index is 900. The van der Waals surface area contributed by atoms with Crippen molar-refractivity contribution in [3.63, 3.8) is 0 Å². The lowest BCUT2D eigenvalue weighted by Crippen LogP contribution is -2.43. The van der Waals surface area contributed by atoms with E-state index in [1.165, 1.54) is 0 Å². The van der Waals surface area contributed by atoms with Gasteiger partial charge in [-0.05, 0) is 6.07 Å².